The predicted molar refractivity (Wildman–Crippen MR) is 105 cm³/mol. The second-order valence-corrected chi connectivity index (χ2v) is 7.16. The van der Waals surface area contributed by atoms with Gasteiger partial charge >= 0.3 is 0 Å². The van der Waals surface area contributed by atoms with Gasteiger partial charge in [0.25, 0.3) is 5.91 Å². The number of hydrogen-bond acceptors (Lipinski definition) is 6. The highest BCUT2D eigenvalue weighted by Gasteiger charge is 2.27. The Bertz CT molecular complexity index is 1070. The summed E-state index contributed by atoms with van der Waals surface area (Å²) >= 11 is 1.43. The normalized spacial score (nSPS) is 16.4. The van der Waals surface area contributed by atoms with Gasteiger partial charge in [0, 0.05) is 13.7 Å². The van der Waals surface area contributed by atoms with Gasteiger partial charge < -0.3 is 23.5 Å². The number of fused-ring (bicyclic) bond motifs is 2. The predicted octanol–water partition coefficient (Wildman–Crippen LogP) is 2.63. The van der Waals surface area contributed by atoms with Crippen LogP contribution in [0.1, 0.15) is 0 Å². The maximum Gasteiger partial charge on any atom is 0.292 e. The first-order valence-corrected chi connectivity index (χ1v) is 9.65. The first-order chi connectivity index (χ1) is 13.7. The molecule has 0 saturated heterocycles. The summed E-state index contributed by atoms with van der Waals surface area (Å²) in [6.45, 7) is 1.17. The quantitative estimate of drug-likeness (QED) is 0.658. The van der Waals surface area contributed by atoms with Crippen molar-refractivity contribution in [3.63, 3.8) is 0 Å². The molecule has 4 rings (SSSR count). The molecule has 1 aromatic heterocycles. The van der Waals surface area contributed by atoms with Gasteiger partial charge in [0.1, 0.15) is 17.9 Å². The van der Waals surface area contributed by atoms with Crippen LogP contribution >= 0.6 is 11.3 Å². The summed E-state index contributed by atoms with van der Waals surface area (Å²) in [5.41, 5.74) is 0.893. The number of hydrogen-bond donors (Lipinski definition) is 0. The van der Waals surface area contributed by atoms with E-state index >= 15 is 0 Å². The molecule has 0 saturated carbocycles. The van der Waals surface area contributed by atoms with Crippen LogP contribution in [-0.4, -0.2) is 44.0 Å². The maximum atomic E-state index is 12.8. The van der Waals surface area contributed by atoms with Gasteiger partial charge in [0.05, 0.1) is 18.4 Å². The van der Waals surface area contributed by atoms with E-state index < -0.39 is 6.10 Å². The number of para-hydroxylation sites is 3. The molecule has 0 radical (unpaired) electrons. The van der Waals surface area contributed by atoms with Crippen LogP contribution in [0.15, 0.2) is 47.5 Å². The second kappa shape index (κ2) is 8.04. The third-order valence-corrected chi connectivity index (χ3v) is 5.44. The van der Waals surface area contributed by atoms with Gasteiger partial charge in [-0.3, -0.25) is 4.79 Å². The minimum absolute atomic E-state index is 0.131. The van der Waals surface area contributed by atoms with Gasteiger partial charge in [-0.05, 0) is 24.3 Å². The molecule has 28 heavy (non-hydrogen) atoms. The van der Waals surface area contributed by atoms with Gasteiger partial charge in [-0.25, -0.2) is 0 Å². The summed E-state index contributed by atoms with van der Waals surface area (Å²) in [5, 5.41) is 0. The van der Waals surface area contributed by atoms with E-state index in [9.17, 15) is 4.79 Å². The number of amides is 1. The standard InChI is InChI=1S/C20H20N2O5S/c1-24-11-10-22-18-15(25-2)8-5-9-17(18)28-20(22)21-19(23)16-12-26-13-6-3-4-7-14(13)27-16/h3-9,16H,10-12H2,1-2H3/t16-/m0/s1. The first kappa shape index (κ1) is 18.5. The van der Waals surface area contributed by atoms with Crippen molar-refractivity contribution in [2.75, 3.05) is 27.4 Å². The fourth-order valence-corrected chi connectivity index (χ4v) is 4.12. The lowest BCUT2D eigenvalue weighted by atomic mass is 10.2. The van der Waals surface area contributed by atoms with Crippen LogP contribution in [0.2, 0.25) is 0 Å². The van der Waals surface area contributed by atoms with E-state index in [0.29, 0.717) is 29.5 Å². The lowest BCUT2D eigenvalue weighted by Gasteiger charge is -2.23. The second-order valence-electron chi connectivity index (χ2n) is 6.15. The minimum Gasteiger partial charge on any atom is -0.495 e. The number of thiazole rings is 1. The van der Waals surface area contributed by atoms with Crippen molar-refractivity contribution in [2.45, 2.75) is 12.6 Å². The molecule has 3 aromatic rings. The summed E-state index contributed by atoms with van der Waals surface area (Å²) < 4.78 is 25.1. The topological polar surface area (TPSA) is 71.3 Å². The van der Waals surface area contributed by atoms with E-state index in [1.54, 1.807) is 20.3 Å². The van der Waals surface area contributed by atoms with Crippen molar-refractivity contribution in [3.8, 4) is 17.2 Å². The number of rotatable bonds is 5. The Morgan fingerprint density at radius 3 is 2.82 bits per heavy atom. The van der Waals surface area contributed by atoms with Gasteiger partial charge in [0.15, 0.2) is 16.3 Å². The zero-order chi connectivity index (χ0) is 19.5. The SMILES string of the molecule is COCCn1c(=NC(=O)[C@@H]2COc3ccccc3O2)sc2cccc(OC)c21. The molecule has 2 heterocycles. The fourth-order valence-electron chi connectivity index (χ4n) is 3.05. The molecule has 1 amide bonds. The summed E-state index contributed by atoms with van der Waals surface area (Å²) in [4.78, 5) is 17.7. The molecular weight excluding hydrogens is 380 g/mol. The van der Waals surface area contributed by atoms with E-state index in [2.05, 4.69) is 4.99 Å². The van der Waals surface area contributed by atoms with E-state index in [1.807, 2.05) is 41.0 Å². The van der Waals surface area contributed by atoms with Crippen LogP contribution in [-0.2, 0) is 16.1 Å². The van der Waals surface area contributed by atoms with E-state index in [1.165, 1.54) is 11.3 Å². The van der Waals surface area contributed by atoms with Crippen LogP contribution in [0.5, 0.6) is 17.2 Å². The number of benzene rings is 2. The molecule has 1 aliphatic rings. The number of methoxy groups -OCH3 is 2. The Kier molecular flexibility index (Phi) is 5.31. The van der Waals surface area contributed by atoms with Gasteiger partial charge in [0.2, 0.25) is 6.10 Å². The van der Waals surface area contributed by atoms with Crippen molar-refractivity contribution in [3.05, 3.63) is 47.3 Å². The number of ether oxygens (including phenoxy) is 4. The number of carbonyl (C=O) groups excluding carboxylic acids is 1. The average Bonchev–Trinajstić information content (AvgIpc) is 3.08. The van der Waals surface area contributed by atoms with Crippen molar-refractivity contribution < 1.29 is 23.7 Å². The number of aromatic nitrogens is 1. The maximum absolute atomic E-state index is 12.8. The molecule has 0 N–H and O–H groups in total. The van der Waals surface area contributed by atoms with Crippen molar-refractivity contribution in [2.24, 2.45) is 4.99 Å². The Morgan fingerprint density at radius 2 is 2.04 bits per heavy atom. The Balaban J connectivity index is 1.71. The molecule has 7 nitrogen and oxygen atoms in total. The molecule has 1 aliphatic heterocycles. The highest BCUT2D eigenvalue weighted by atomic mass is 32.1. The van der Waals surface area contributed by atoms with Crippen molar-refractivity contribution in [1.29, 1.82) is 0 Å². The highest BCUT2D eigenvalue weighted by molar-refractivity contribution is 7.16. The molecule has 0 bridgehead atoms. The molecule has 2 aromatic carbocycles. The van der Waals surface area contributed by atoms with E-state index in [4.69, 9.17) is 18.9 Å². The van der Waals surface area contributed by atoms with E-state index in [-0.39, 0.29) is 12.5 Å². The lowest BCUT2D eigenvalue weighted by Crippen LogP contribution is -2.37. The van der Waals surface area contributed by atoms with Crippen LogP contribution in [0, 0.1) is 0 Å². The summed E-state index contributed by atoms with van der Waals surface area (Å²) in [6, 6.07) is 13.1. The first-order valence-electron chi connectivity index (χ1n) is 8.83. The van der Waals surface area contributed by atoms with Gasteiger partial charge in [-0.1, -0.05) is 29.5 Å². The number of nitrogens with zero attached hydrogens (tertiary/aromatic N) is 2. The molecule has 8 heteroatoms. The molecule has 0 fully saturated rings. The zero-order valence-corrected chi connectivity index (χ0v) is 16.4. The molecule has 0 unspecified atom stereocenters. The Labute approximate surface area is 165 Å². The van der Waals surface area contributed by atoms with Crippen molar-refractivity contribution >= 4 is 27.5 Å². The van der Waals surface area contributed by atoms with Crippen LogP contribution in [0.3, 0.4) is 0 Å². The van der Waals surface area contributed by atoms with E-state index in [0.717, 1.165) is 16.0 Å². The average molecular weight is 400 g/mol. The van der Waals surface area contributed by atoms with Gasteiger partial charge in [-0.15, -0.1) is 0 Å². The molecular formula is C20H20N2O5S. The van der Waals surface area contributed by atoms with Gasteiger partial charge in [-0.2, -0.15) is 4.99 Å². The minimum atomic E-state index is -0.780. The molecule has 0 spiro atoms. The largest absolute Gasteiger partial charge is 0.495 e. The zero-order valence-electron chi connectivity index (χ0n) is 15.6. The smallest absolute Gasteiger partial charge is 0.292 e. The molecule has 1 atom stereocenters. The summed E-state index contributed by atoms with van der Waals surface area (Å²) in [5.74, 6) is 1.52. The van der Waals surface area contributed by atoms with Crippen molar-refractivity contribution in [1.82, 2.24) is 4.57 Å². The van der Waals surface area contributed by atoms with Crippen LogP contribution in [0.25, 0.3) is 10.2 Å². The lowest BCUT2D eigenvalue weighted by molar-refractivity contribution is -0.127. The Hall–Kier alpha value is -2.84. The summed E-state index contributed by atoms with van der Waals surface area (Å²) in [6.07, 6.45) is -0.780. The third kappa shape index (κ3) is 3.48. The van der Waals surface area contributed by atoms with Crippen LogP contribution in [0.4, 0.5) is 0 Å². The fraction of sp³-hybridized carbons (Fsp3) is 0.300. The highest BCUT2D eigenvalue weighted by Crippen LogP contribution is 2.31. The monoisotopic (exact) mass is 400 g/mol. The Morgan fingerprint density at radius 1 is 1.21 bits per heavy atom. The molecule has 146 valence electrons. The summed E-state index contributed by atoms with van der Waals surface area (Å²) in [7, 11) is 3.26. The van der Waals surface area contributed by atoms with Crippen LogP contribution < -0.4 is 19.0 Å². The number of carbonyl (C=O) groups is 1. The third-order valence-electron chi connectivity index (χ3n) is 4.39. The molecule has 0 aliphatic carbocycles.